The van der Waals surface area contributed by atoms with Crippen molar-refractivity contribution in [2.75, 3.05) is 12.4 Å². The van der Waals surface area contributed by atoms with Crippen LogP contribution in [0.5, 0.6) is 5.75 Å². The van der Waals surface area contributed by atoms with E-state index in [1.165, 1.54) is 0 Å². The summed E-state index contributed by atoms with van der Waals surface area (Å²) in [6.07, 6.45) is 5.33. The molecule has 8 nitrogen and oxygen atoms in total. The summed E-state index contributed by atoms with van der Waals surface area (Å²) >= 11 is 0. The van der Waals surface area contributed by atoms with Gasteiger partial charge in [0.05, 0.1) is 36.8 Å². The maximum Gasteiger partial charge on any atom is 0.163 e. The van der Waals surface area contributed by atoms with Gasteiger partial charge in [-0.1, -0.05) is 6.07 Å². The molecule has 0 aliphatic heterocycles. The third-order valence-electron chi connectivity index (χ3n) is 3.85. The van der Waals surface area contributed by atoms with Crippen molar-refractivity contribution in [3.8, 4) is 11.6 Å². The van der Waals surface area contributed by atoms with E-state index in [0.29, 0.717) is 11.6 Å². The molecule has 0 saturated carbocycles. The van der Waals surface area contributed by atoms with Crippen LogP contribution in [-0.2, 0) is 7.05 Å². The fraction of sp³-hybridized carbons (Fsp3) is 0.176. The predicted octanol–water partition coefficient (Wildman–Crippen LogP) is 2.61. The second-order valence-electron chi connectivity index (χ2n) is 5.65. The fourth-order valence-electron chi connectivity index (χ4n) is 2.64. The standard InChI is InChI=1S/C17H17N7O/c1-11-5-4-6-16(20-11)24-10-12(8-19-24)21-15-7-14(25-3)13-9-18-23(2)17(13)22-15/h4-10H,1-3H3,(H,21,22). The molecule has 0 bridgehead atoms. The number of anilines is 2. The summed E-state index contributed by atoms with van der Waals surface area (Å²) < 4.78 is 8.87. The lowest BCUT2D eigenvalue weighted by atomic mass is 10.3. The van der Waals surface area contributed by atoms with Crippen LogP contribution in [0, 0.1) is 6.92 Å². The molecule has 4 rings (SSSR count). The Bertz CT molecular complexity index is 1050. The van der Waals surface area contributed by atoms with Crippen molar-refractivity contribution < 1.29 is 4.74 Å². The van der Waals surface area contributed by atoms with Gasteiger partial charge in [0.15, 0.2) is 11.5 Å². The summed E-state index contributed by atoms with van der Waals surface area (Å²) in [5.74, 6) is 2.14. The van der Waals surface area contributed by atoms with Gasteiger partial charge in [0, 0.05) is 18.8 Å². The van der Waals surface area contributed by atoms with E-state index in [2.05, 4.69) is 25.5 Å². The number of nitrogens with one attached hydrogen (secondary N) is 1. The van der Waals surface area contributed by atoms with Crippen LogP contribution < -0.4 is 10.1 Å². The molecule has 4 aromatic heterocycles. The molecular formula is C17H17N7O. The molecule has 0 saturated heterocycles. The van der Waals surface area contributed by atoms with Gasteiger partial charge in [0.1, 0.15) is 11.6 Å². The second kappa shape index (κ2) is 5.90. The van der Waals surface area contributed by atoms with Crippen LogP contribution in [0.1, 0.15) is 5.69 Å². The molecule has 0 fully saturated rings. The van der Waals surface area contributed by atoms with Crippen LogP contribution in [0.4, 0.5) is 11.5 Å². The van der Waals surface area contributed by atoms with Crippen LogP contribution in [-0.4, -0.2) is 36.6 Å². The largest absolute Gasteiger partial charge is 0.496 e. The molecule has 0 aliphatic carbocycles. The lowest BCUT2D eigenvalue weighted by molar-refractivity contribution is 0.419. The summed E-state index contributed by atoms with van der Waals surface area (Å²) in [5, 5.41) is 12.7. The number of aromatic nitrogens is 6. The Morgan fingerprint density at radius 2 is 2.00 bits per heavy atom. The quantitative estimate of drug-likeness (QED) is 0.617. The van der Waals surface area contributed by atoms with Gasteiger partial charge < -0.3 is 10.1 Å². The highest BCUT2D eigenvalue weighted by Crippen LogP contribution is 2.28. The minimum absolute atomic E-state index is 0.657. The summed E-state index contributed by atoms with van der Waals surface area (Å²) in [4.78, 5) is 9.05. The normalized spacial score (nSPS) is 11.0. The highest BCUT2D eigenvalue weighted by atomic mass is 16.5. The Labute approximate surface area is 144 Å². The van der Waals surface area contributed by atoms with Gasteiger partial charge in [0.2, 0.25) is 0 Å². The van der Waals surface area contributed by atoms with Crippen LogP contribution in [0.3, 0.4) is 0 Å². The minimum atomic E-state index is 0.657. The van der Waals surface area contributed by atoms with E-state index in [9.17, 15) is 0 Å². The Hall–Kier alpha value is -3.42. The third kappa shape index (κ3) is 2.78. The molecule has 1 N–H and O–H groups in total. The Morgan fingerprint density at radius 3 is 2.80 bits per heavy atom. The number of hydrogen-bond donors (Lipinski definition) is 1. The van der Waals surface area contributed by atoms with E-state index in [1.54, 1.807) is 28.9 Å². The SMILES string of the molecule is COc1cc(Nc2cnn(-c3cccc(C)n3)c2)nc2c1cnn2C. The zero-order chi connectivity index (χ0) is 17.4. The molecule has 0 aliphatic rings. The average molecular weight is 335 g/mol. The first kappa shape index (κ1) is 15.1. The molecule has 126 valence electrons. The molecule has 0 unspecified atom stereocenters. The van der Waals surface area contributed by atoms with Gasteiger partial charge in [-0.25, -0.2) is 14.6 Å². The molecule has 0 amide bonds. The van der Waals surface area contributed by atoms with Crippen molar-refractivity contribution in [1.82, 2.24) is 29.5 Å². The fourth-order valence-corrected chi connectivity index (χ4v) is 2.64. The van der Waals surface area contributed by atoms with Crippen LogP contribution >= 0.6 is 0 Å². The highest BCUT2D eigenvalue weighted by molar-refractivity contribution is 5.84. The Morgan fingerprint density at radius 1 is 1.12 bits per heavy atom. The van der Waals surface area contributed by atoms with Gasteiger partial charge in [0.25, 0.3) is 0 Å². The van der Waals surface area contributed by atoms with Crippen LogP contribution in [0.2, 0.25) is 0 Å². The van der Waals surface area contributed by atoms with E-state index in [-0.39, 0.29) is 0 Å². The van der Waals surface area contributed by atoms with Crippen molar-refractivity contribution in [2.45, 2.75) is 6.92 Å². The van der Waals surface area contributed by atoms with E-state index in [1.807, 2.05) is 44.4 Å². The number of nitrogens with zero attached hydrogens (tertiary/aromatic N) is 6. The first-order valence-corrected chi connectivity index (χ1v) is 7.76. The average Bonchev–Trinajstić information content (AvgIpc) is 3.22. The number of fused-ring (bicyclic) bond motifs is 1. The molecule has 8 heteroatoms. The predicted molar refractivity (Wildman–Crippen MR) is 94.4 cm³/mol. The molecule has 25 heavy (non-hydrogen) atoms. The Balaban J connectivity index is 1.67. The maximum atomic E-state index is 5.44. The van der Waals surface area contributed by atoms with E-state index < -0.39 is 0 Å². The van der Waals surface area contributed by atoms with E-state index in [0.717, 1.165) is 28.2 Å². The van der Waals surface area contributed by atoms with Crippen molar-refractivity contribution >= 4 is 22.5 Å². The van der Waals surface area contributed by atoms with Crippen molar-refractivity contribution in [1.29, 1.82) is 0 Å². The lowest BCUT2D eigenvalue weighted by Crippen LogP contribution is -1.99. The first-order chi connectivity index (χ1) is 12.1. The topological polar surface area (TPSA) is 82.7 Å². The zero-order valence-electron chi connectivity index (χ0n) is 14.1. The van der Waals surface area contributed by atoms with Gasteiger partial charge in [-0.05, 0) is 19.1 Å². The van der Waals surface area contributed by atoms with Gasteiger partial charge in [-0.2, -0.15) is 10.2 Å². The summed E-state index contributed by atoms with van der Waals surface area (Å²) in [6, 6.07) is 7.65. The summed E-state index contributed by atoms with van der Waals surface area (Å²) in [5.41, 5.74) is 2.49. The molecule has 0 atom stereocenters. The van der Waals surface area contributed by atoms with Crippen molar-refractivity contribution in [3.05, 3.63) is 48.5 Å². The number of aryl methyl sites for hydroxylation is 2. The van der Waals surface area contributed by atoms with Crippen LogP contribution in [0.15, 0.2) is 42.9 Å². The number of hydrogen-bond acceptors (Lipinski definition) is 6. The maximum absolute atomic E-state index is 5.44. The van der Waals surface area contributed by atoms with E-state index >= 15 is 0 Å². The molecule has 0 spiro atoms. The zero-order valence-corrected chi connectivity index (χ0v) is 14.1. The lowest BCUT2D eigenvalue weighted by Gasteiger charge is -2.07. The summed E-state index contributed by atoms with van der Waals surface area (Å²) in [6.45, 7) is 1.95. The monoisotopic (exact) mass is 335 g/mol. The number of ether oxygens (including phenoxy) is 1. The van der Waals surface area contributed by atoms with E-state index in [4.69, 9.17) is 4.74 Å². The Kier molecular flexibility index (Phi) is 3.57. The van der Waals surface area contributed by atoms with Crippen molar-refractivity contribution in [2.24, 2.45) is 7.05 Å². The molecule has 0 aromatic carbocycles. The van der Waals surface area contributed by atoms with Crippen molar-refractivity contribution in [3.63, 3.8) is 0 Å². The minimum Gasteiger partial charge on any atom is -0.496 e. The molecule has 4 aromatic rings. The molecule has 0 radical (unpaired) electrons. The number of methoxy groups -OCH3 is 1. The molecular weight excluding hydrogens is 318 g/mol. The smallest absolute Gasteiger partial charge is 0.163 e. The first-order valence-electron chi connectivity index (χ1n) is 7.76. The highest BCUT2D eigenvalue weighted by Gasteiger charge is 2.11. The van der Waals surface area contributed by atoms with Crippen LogP contribution in [0.25, 0.3) is 16.9 Å². The van der Waals surface area contributed by atoms with Gasteiger partial charge in [-0.3, -0.25) is 4.68 Å². The van der Waals surface area contributed by atoms with Gasteiger partial charge in [-0.15, -0.1) is 0 Å². The number of pyridine rings is 2. The third-order valence-corrected chi connectivity index (χ3v) is 3.85. The number of rotatable bonds is 4. The van der Waals surface area contributed by atoms with Gasteiger partial charge >= 0.3 is 0 Å². The summed E-state index contributed by atoms with van der Waals surface area (Å²) in [7, 11) is 3.48. The second-order valence-corrected chi connectivity index (χ2v) is 5.65. The molecule has 4 heterocycles.